The lowest BCUT2D eigenvalue weighted by Crippen LogP contribution is -2.55. The van der Waals surface area contributed by atoms with Gasteiger partial charge < -0.3 is 24.3 Å². The summed E-state index contributed by atoms with van der Waals surface area (Å²) in [5, 5.41) is 25.4. The number of sulfonamides is 1. The number of primary sulfonamides is 1. The number of halogens is 1. The van der Waals surface area contributed by atoms with Crippen molar-refractivity contribution in [1.29, 1.82) is 10.5 Å². The first-order valence-electron chi connectivity index (χ1n) is 14.5. The van der Waals surface area contributed by atoms with Gasteiger partial charge in [0.25, 0.3) is 0 Å². The maximum atomic E-state index is 15.2. The van der Waals surface area contributed by atoms with E-state index in [9.17, 15) is 23.7 Å². The van der Waals surface area contributed by atoms with E-state index in [0.29, 0.717) is 44.0 Å². The van der Waals surface area contributed by atoms with Crippen molar-refractivity contribution in [3.63, 3.8) is 0 Å². The lowest BCUT2D eigenvalue weighted by Gasteiger charge is -2.43. The smallest absolute Gasteiger partial charge is 0.246 e. The van der Waals surface area contributed by atoms with Crippen molar-refractivity contribution in [2.24, 2.45) is 5.14 Å². The molecule has 0 aliphatic carbocycles. The van der Waals surface area contributed by atoms with E-state index in [0.717, 1.165) is 24.9 Å². The van der Waals surface area contributed by atoms with Crippen LogP contribution in [0.3, 0.4) is 0 Å². The Hall–Kier alpha value is -4.24. The third-order valence-corrected chi connectivity index (χ3v) is 9.59. The zero-order chi connectivity index (χ0) is 31.6. The van der Waals surface area contributed by atoms with Gasteiger partial charge in [0, 0.05) is 37.8 Å². The number of fused-ring (bicyclic) bond motifs is 1. The zero-order valence-corrected chi connectivity index (χ0v) is 25.4. The summed E-state index contributed by atoms with van der Waals surface area (Å²) in [4.78, 5) is 24.4. The van der Waals surface area contributed by atoms with Gasteiger partial charge in [0.1, 0.15) is 29.0 Å². The summed E-state index contributed by atoms with van der Waals surface area (Å²) in [6.07, 6.45) is 3.64. The lowest BCUT2D eigenvalue weighted by molar-refractivity contribution is -0.128. The predicted octanol–water partition coefficient (Wildman–Crippen LogP) is 1.89. The van der Waals surface area contributed by atoms with Crippen LogP contribution in [0.1, 0.15) is 36.1 Å². The number of nitrogens with two attached hydrogens (primary N) is 1. The second-order valence-corrected chi connectivity index (χ2v) is 12.8. The monoisotopic (exact) mass is 622 g/mol. The molecular formula is C30H35FN8O4S. The lowest BCUT2D eigenvalue weighted by atomic mass is 9.96. The fourth-order valence-electron chi connectivity index (χ4n) is 6.42. The molecule has 14 heteroatoms. The van der Waals surface area contributed by atoms with E-state index in [-0.39, 0.29) is 53.5 Å². The van der Waals surface area contributed by atoms with Crippen molar-refractivity contribution in [2.45, 2.75) is 49.2 Å². The number of nitrogens with zero attached hydrogens (tertiary/aromatic N) is 7. The highest BCUT2D eigenvalue weighted by atomic mass is 32.2. The second-order valence-electron chi connectivity index (χ2n) is 11.3. The summed E-state index contributed by atoms with van der Waals surface area (Å²) in [5.74, 6) is -0.847. The number of likely N-dealkylation sites (tertiary alicyclic amines) is 1. The molecule has 0 unspecified atom stereocenters. The summed E-state index contributed by atoms with van der Waals surface area (Å²) in [7, 11) is -2.20. The second kappa shape index (κ2) is 12.8. The van der Waals surface area contributed by atoms with Gasteiger partial charge in [-0.25, -0.2) is 22.9 Å². The van der Waals surface area contributed by atoms with Crippen LogP contribution in [0.15, 0.2) is 35.7 Å². The molecule has 3 aliphatic heterocycles. The van der Waals surface area contributed by atoms with Crippen LogP contribution in [-0.4, -0.2) is 87.6 Å². The first-order chi connectivity index (χ1) is 21.1. The molecule has 0 radical (unpaired) electrons. The molecule has 12 nitrogen and oxygen atoms in total. The summed E-state index contributed by atoms with van der Waals surface area (Å²) in [6.45, 7) is 6.15. The number of para-hydroxylation sites is 1. The number of carbonyl (C=O) groups excluding carboxylic acids is 1. The highest BCUT2D eigenvalue weighted by Gasteiger charge is 2.36. The minimum atomic E-state index is -4.22. The largest absolute Gasteiger partial charge is 0.475 e. The highest BCUT2D eigenvalue weighted by molar-refractivity contribution is 7.89. The first-order valence-corrected chi connectivity index (χ1v) is 16.0. The fraction of sp³-hybridized carbons (Fsp3) is 0.467. The van der Waals surface area contributed by atoms with Gasteiger partial charge in [-0.05, 0) is 51.1 Å². The van der Waals surface area contributed by atoms with Gasteiger partial charge in [-0.2, -0.15) is 10.5 Å². The molecule has 3 aliphatic rings. The van der Waals surface area contributed by atoms with Crippen molar-refractivity contribution < 1.29 is 22.3 Å². The van der Waals surface area contributed by atoms with Gasteiger partial charge in [-0.1, -0.05) is 12.6 Å². The number of rotatable bonds is 8. The Bertz CT molecular complexity index is 1650. The first kappa shape index (κ1) is 31.2. The quantitative estimate of drug-likeness (QED) is 0.431. The van der Waals surface area contributed by atoms with Gasteiger partial charge in [-0.3, -0.25) is 4.79 Å². The minimum Gasteiger partial charge on any atom is -0.475 e. The van der Waals surface area contributed by atoms with Crippen LogP contribution in [0.5, 0.6) is 5.88 Å². The molecule has 2 saturated heterocycles. The third-order valence-electron chi connectivity index (χ3n) is 8.65. The van der Waals surface area contributed by atoms with Crippen LogP contribution in [0.4, 0.5) is 15.8 Å². The molecular weight excluding hydrogens is 587 g/mol. The molecule has 4 heterocycles. The van der Waals surface area contributed by atoms with E-state index in [1.165, 1.54) is 24.3 Å². The zero-order valence-electron chi connectivity index (χ0n) is 24.6. The molecule has 0 bridgehead atoms. The molecule has 44 heavy (non-hydrogen) atoms. The molecule has 0 spiro atoms. The Labute approximate surface area is 256 Å². The molecule has 2 N–H and O–H groups in total. The van der Waals surface area contributed by atoms with Crippen molar-refractivity contribution in [3.8, 4) is 18.0 Å². The number of benzene rings is 1. The number of anilines is 2. The van der Waals surface area contributed by atoms with E-state index in [1.807, 2.05) is 11.9 Å². The number of piperazine rings is 1. The van der Waals surface area contributed by atoms with E-state index >= 15 is 4.39 Å². The number of ether oxygens (including phenoxy) is 1. The minimum absolute atomic E-state index is 0.0493. The molecule has 2 atom stereocenters. The van der Waals surface area contributed by atoms with Crippen LogP contribution >= 0.6 is 0 Å². The van der Waals surface area contributed by atoms with Crippen molar-refractivity contribution in [3.05, 3.63) is 53.5 Å². The molecule has 5 rings (SSSR count). The van der Waals surface area contributed by atoms with Gasteiger partial charge in [0.05, 0.1) is 42.1 Å². The average molecular weight is 623 g/mol. The number of hydrogen-bond donors (Lipinski definition) is 1. The van der Waals surface area contributed by atoms with Crippen molar-refractivity contribution in [2.75, 3.05) is 56.2 Å². The Balaban J connectivity index is 1.58. The Morgan fingerprint density at radius 2 is 2.00 bits per heavy atom. The van der Waals surface area contributed by atoms with Gasteiger partial charge in [0.2, 0.25) is 21.8 Å². The SMILES string of the molecule is C=CC(=O)N1CCN(c2c(C#N)c(OC[C@@H]3CCCN3C)nc3c2CCN(c2c(F)cccc2S(N)(=O)=O)C3)C[C@@H]1CC#N. The predicted molar refractivity (Wildman–Crippen MR) is 161 cm³/mol. The number of pyridine rings is 1. The Morgan fingerprint density at radius 3 is 2.66 bits per heavy atom. The summed E-state index contributed by atoms with van der Waals surface area (Å²) >= 11 is 0. The molecule has 2 fully saturated rings. The molecule has 2 aromatic rings. The van der Waals surface area contributed by atoms with Gasteiger partial charge in [-0.15, -0.1) is 0 Å². The van der Waals surface area contributed by atoms with Gasteiger partial charge in [0.15, 0.2) is 0 Å². The van der Waals surface area contributed by atoms with Crippen LogP contribution < -0.4 is 19.7 Å². The topological polar surface area (TPSA) is 160 Å². The number of nitriles is 2. The molecule has 232 valence electrons. The average Bonchev–Trinajstić information content (AvgIpc) is 3.42. The fourth-order valence-corrected chi connectivity index (χ4v) is 7.19. The Morgan fingerprint density at radius 1 is 1.20 bits per heavy atom. The normalized spacial score (nSPS) is 20.5. The maximum absolute atomic E-state index is 15.2. The van der Waals surface area contributed by atoms with Crippen LogP contribution in [-0.2, 0) is 27.8 Å². The van der Waals surface area contributed by atoms with E-state index in [2.05, 4.69) is 23.6 Å². The number of aromatic nitrogens is 1. The number of amides is 1. The number of carbonyl (C=O) groups is 1. The van der Waals surface area contributed by atoms with E-state index in [1.54, 1.807) is 9.80 Å². The van der Waals surface area contributed by atoms with Gasteiger partial charge >= 0.3 is 0 Å². The maximum Gasteiger partial charge on any atom is 0.246 e. The Kier molecular flexibility index (Phi) is 9.06. The third kappa shape index (κ3) is 6.06. The van der Waals surface area contributed by atoms with Crippen LogP contribution in [0.25, 0.3) is 0 Å². The van der Waals surface area contributed by atoms with Crippen LogP contribution in [0, 0.1) is 28.5 Å². The summed E-state index contributed by atoms with van der Waals surface area (Å²) < 4.78 is 46.1. The summed E-state index contributed by atoms with van der Waals surface area (Å²) in [5.41, 5.74) is 2.02. The van der Waals surface area contributed by atoms with Crippen LogP contribution in [0.2, 0.25) is 0 Å². The summed E-state index contributed by atoms with van der Waals surface area (Å²) in [6, 6.07) is 7.94. The highest BCUT2D eigenvalue weighted by Crippen LogP contribution is 2.40. The standard InChI is InChI=1S/C30H35FN8O4S/c1-3-27(40)39-15-14-38(17-20(39)9-11-32)28-22-10-13-37(29-24(31)7-4-8-26(29)44(34,41)42)18-25(22)35-30(23(28)16-33)43-19-21-6-5-12-36(21)2/h3-4,7-8,20-21H,1,5-6,9-10,12-15,17-19H2,2H3,(H2,34,41,42)/t20-,21-/m0/s1. The molecule has 0 saturated carbocycles. The molecule has 1 aromatic carbocycles. The number of hydrogen-bond acceptors (Lipinski definition) is 10. The van der Waals surface area contributed by atoms with E-state index < -0.39 is 21.9 Å². The molecule has 1 amide bonds. The number of likely N-dealkylation sites (N-methyl/N-ethyl adjacent to an activating group) is 1. The van der Waals surface area contributed by atoms with E-state index in [4.69, 9.17) is 14.9 Å². The van der Waals surface area contributed by atoms with Crippen molar-refractivity contribution in [1.82, 2.24) is 14.8 Å². The molecule has 1 aromatic heterocycles. The van der Waals surface area contributed by atoms with Crippen molar-refractivity contribution >= 4 is 27.3 Å².